The summed E-state index contributed by atoms with van der Waals surface area (Å²) in [6, 6.07) is 11.1. The fourth-order valence-electron chi connectivity index (χ4n) is 2.55. The molecule has 17 heavy (non-hydrogen) atoms. The molecule has 0 heteroatoms. The predicted octanol–water partition coefficient (Wildman–Crippen LogP) is 5.93. The molecule has 0 radical (unpaired) electrons. The van der Waals surface area contributed by atoms with Crippen molar-refractivity contribution in [2.75, 3.05) is 0 Å². The number of hydrogen-bond acceptors (Lipinski definition) is 0. The Kier molecular flexibility index (Phi) is 7.79. The van der Waals surface area contributed by atoms with Crippen LogP contribution in [0.5, 0.6) is 0 Å². The summed E-state index contributed by atoms with van der Waals surface area (Å²) in [5, 5.41) is 0. The van der Waals surface area contributed by atoms with E-state index in [0.29, 0.717) is 0 Å². The largest absolute Gasteiger partial charge is 0.0654 e. The maximum atomic E-state index is 2.30. The normalized spacial score (nSPS) is 12.6. The molecule has 0 heterocycles. The Labute approximate surface area is 107 Å². The van der Waals surface area contributed by atoms with Gasteiger partial charge < -0.3 is 0 Å². The highest BCUT2D eigenvalue weighted by molar-refractivity contribution is 5.19. The first-order valence-corrected chi connectivity index (χ1v) is 7.43. The Morgan fingerprint density at radius 2 is 1.47 bits per heavy atom. The van der Waals surface area contributed by atoms with Crippen molar-refractivity contribution in [1.82, 2.24) is 0 Å². The van der Waals surface area contributed by atoms with Crippen LogP contribution in [0.2, 0.25) is 0 Å². The number of hydrogen-bond donors (Lipinski definition) is 0. The average molecular weight is 232 g/mol. The van der Waals surface area contributed by atoms with E-state index >= 15 is 0 Å². The molecule has 0 aliphatic rings. The third-order valence-corrected chi connectivity index (χ3v) is 3.56. The zero-order valence-corrected chi connectivity index (χ0v) is 11.6. The summed E-state index contributed by atoms with van der Waals surface area (Å²) < 4.78 is 0. The van der Waals surface area contributed by atoms with Crippen LogP contribution in [0.4, 0.5) is 0 Å². The lowest BCUT2D eigenvalue weighted by Crippen LogP contribution is -1.98. The Morgan fingerprint density at radius 1 is 0.765 bits per heavy atom. The van der Waals surface area contributed by atoms with Crippen LogP contribution >= 0.6 is 0 Å². The number of rotatable bonds is 9. The summed E-state index contributed by atoms with van der Waals surface area (Å²) in [4.78, 5) is 0. The topological polar surface area (TPSA) is 0 Å². The van der Waals surface area contributed by atoms with Gasteiger partial charge in [-0.05, 0) is 24.3 Å². The summed E-state index contributed by atoms with van der Waals surface area (Å²) >= 11 is 0. The smallest absolute Gasteiger partial charge is 0.0162 e. The molecular weight excluding hydrogens is 204 g/mol. The van der Waals surface area contributed by atoms with E-state index < -0.39 is 0 Å². The van der Waals surface area contributed by atoms with Crippen molar-refractivity contribution in [3.63, 3.8) is 0 Å². The average Bonchev–Trinajstić information content (AvgIpc) is 2.38. The van der Waals surface area contributed by atoms with E-state index in [-0.39, 0.29) is 0 Å². The molecule has 0 bridgehead atoms. The highest BCUT2D eigenvalue weighted by Crippen LogP contribution is 2.27. The van der Waals surface area contributed by atoms with Gasteiger partial charge in [0.05, 0.1) is 0 Å². The molecule has 1 aromatic rings. The van der Waals surface area contributed by atoms with Gasteiger partial charge in [0, 0.05) is 0 Å². The second-order valence-electron chi connectivity index (χ2n) is 5.10. The second-order valence-corrected chi connectivity index (χ2v) is 5.10. The third kappa shape index (κ3) is 5.91. The molecular formula is C17H28. The van der Waals surface area contributed by atoms with Gasteiger partial charge in [-0.2, -0.15) is 0 Å². The lowest BCUT2D eigenvalue weighted by molar-refractivity contribution is 0.516. The van der Waals surface area contributed by atoms with E-state index in [1.165, 1.54) is 51.4 Å². The molecule has 0 amide bonds. The van der Waals surface area contributed by atoms with Crippen molar-refractivity contribution in [1.29, 1.82) is 0 Å². The minimum atomic E-state index is 0.794. The van der Waals surface area contributed by atoms with Crippen molar-refractivity contribution in [2.45, 2.75) is 71.1 Å². The SMILES string of the molecule is CCCCCCC[C@@H](CCC)c1ccccc1. The summed E-state index contributed by atoms with van der Waals surface area (Å²) in [5.74, 6) is 0.794. The van der Waals surface area contributed by atoms with E-state index in [0.717, 1.165) is 5.92 Å². The van der Waals surface area contributed by atoms with Gasteiger partial charge in [-0.25, -0.2) is 0 Å². The standard InChI is InChI=1S/C17H28/c1-3-5-6-7-9-13-16(12-4-2)17-14-10-8-11-15-17/h8,10-11,14-16H,3-7,9,12-13H2,1-2H3/t16-/m1/s1. The van der Waals surface area contributed by atoms with Gasteiger partial charge in [-0.1, -0.05) is 82.7 Å². The summed E-state index contributed by atoms with van der Waals surface area (Å²) in [6.45, 7) is 4.58. The number of unbranched alkanes of at least 4 members (excludes halogenated alkanes) is 4. The van der Waals surface area contributed by atoms with E-state index in [9.17, 15) is 0 Å². The van der Waals surface area contributed by atoms with Gasteiger partial charge in [0.15, 0.2) is 0 Å². The lowest BCUT2D eigenvalue weighted by Gasteiger charge is -2.16. The zero-order valence-electron chi connectivity index (χ0n) is 11.6. The van der Waals surface area contributed by atoms with Crippen LogP contribution in [0, 0.1) is 0 Å². The van der Waals surface area contributed by atoms with Crippen LogP contribution in [-0.4, -0.2) is 0 Å². The monoisotopic (exact) mass is 232 g/mol. The van der Waals surface area contributed by atoms with Crippen LogP contribution in [-0.2, 0) is 0 Å². The van der Waals surface area contributed by atoms with Gasteiger partial charge in [-0.15, -0.1) is 0 Å². The molecule has 0 saturated carbocycles. The van der Waals surface area contributed by atoms with E-state index in [2.05, 4.69) is 44.2 Å². The molecule has 0 nitrogen and oxygen atoms in total. The molecule has 0 N–H and O–H groups in total. The summed E-state index contributed by atoms with van der Waals surface area (Å²) in [6.07, 6.45) is 11.0. The highest BCUT2D eigenvalue weighted by atomic mass is 14.1. The van der Waals surface area contributed by atoms with Gasteiger partial charge in [0.2, 0.25) is 0 Å². The predicted molar refractivity (Wildman–Crippen MR) is 77.5 cm³/mol. The van der Waals surface area contributed by atoms with Crippen LogP contribution in [0.15, 0.2) is 30.3 Å². The van der Waals surface area contributed by atoms with Crippen LogP contribution < -0.4 is 0 Å². The molecule has 1 aromatic carbocycles. The minimum absolute atomic E-state index is 0.794. The first-order valence-electron chi connectivity index (χ1n) is 7.43. The molecule has 0 spiro atoms. The molecule has 0 saturated heterocycles. The molecule has 0 unspecified atom stereocenters. The molecule has 1 rings (SSSR count). The molecule has 0 aliphatic heterocycles. The Bertz CT molecular complexity index is 263. The Balaban J connectivity index is 2.33. The maximum absolute atomic E-state index is 2.30. The third-order valence-electron chi connectivity index (χ3n) is 3.56. The second kappa shape index (κ2) is 9.27. The van der Waals surface area contributed by atoms with Crippen LogP contribution in [0.1, 0.15) is 76.7 Å². The van der Waals surface area contributed by atoms with E-state index in [1.807, 2.05) is 0 Å². The first-order chi connectivity index (χ1) is 8.38. The molecule has 0 aliphatic carbocycles. The minimum Gasteiger partial charge on any atom is -0.0654 e. The fourth-order valence-corrected chi connectivity index (χ4v) is 2.55. The van der Waals surface area contributed by atoms with E-state index in [1.54, 1.807) is 5.56 Å². The molecule has 0 fully saturated rings. The first kappa shape index (κ1) is 14.3. The number of benzene rings is 1. The van der Waals surface area contributed by atoms with Crippen molar-refractivity contribution >= 4 is 0 Å². The molecule has 96 valence electrons. The van der Waals surface area contributed by atoms with Gasteiger partial charge in [-0.3, -0.25) is 0 Å². The van der Waals surface area contributed by atoms with E-state index in [4.69, 9.17) is 0 Å². The Hall–Kier alpha value is -0.780. The van der Waals surface area contributed by atoms with Crippen LogP contribution in [0.25, 0.3) is 0 Å². The van der Waals surface area contributed by atoms with Crippen molar-refractivity contribution in [3.8, 4) is 0 Å². The van der Waals surface area contributed by atoms with Crippen molar-refractivity contribution in [2.24, 2.45) is 0 Å². The molecule has 0 aromatic heterocycles. The van der Waals surface area contributed by atoms with Gasteiger partial charge in [0.25, 0.3) is 0 Å². The highest BCUT2D eigenvalue weighted by Gasteiger charge is 2.09. The van der Waals surface area contributed by atoms with Crippen LogP contribution in [0.3, 0.4) is 0 Å². The summed E-state index contributed by atoms with van der Waals surface area (Å²) in [7, 11) is 0. The summed E-state index contributed by atoms with van der Waals surface area (Å²) in [5.41, 5.74) is 1.55. The van der Waals surface area contributed by atoms with Gasteiger partial charge in [0.1, 0.15) is 0 Å². The van der Waals surface area contributed by atoms with Crippen molar-refractivity contribution in [3.05, 3.63) is 35.9 Å². The van der Waals surface area contributed by atoms with Crippen molar-refractivity contribution < 1.29 is 0 Å². The lowest BCUT2D eigenvalue weighted by atomic mass is 9.89. The maximum Gasteiger partial charge on any atom is -0.0162 e. The Morgan fingerprint density at radius 3 is 2.12 bits per heavy atom. The fraction of sp³-hybridized carbons (Fsp3) is 0.647. The van der Waals surface area contributed by atoms with Gasteiger partial charge >= 0.3 is 0 Å². The zero-order chi connectivity index (χ0) is 12.3. The molecule has 1 atom stereocenters. The quantitative estimate of drug-likeness (QED) is 0.463.